The second-order valence-electron chi connectivity index (χ2n) is 5.76. The Morgan fingerprint density at radius 2 is 2.25 bits per heavy atom. The normalized spacial score (nSPS) is 22.8. The monoisotopic (exact) mass is 280 g/mol. The molecule has 1 aliphatic rings. The first-order valence-electron chi connectivity index (χ1n) is 7.09. The number of rotatable bonds is 4. The van der Waals surface area contributed by atoms with E-state index in [1.54, 1.807) is 16.6 Å². The van der Waals surface area contributed by atoms with Gasteiger partial charge in [0.25, 0.3) is 5.91 Å². The number of hydrogen-bond donors (Lipinski definition) is 1. The summed E-state index contributed by atoms with van der Waals surface area (Å²) in [7, 11) is 5.75. The van der Waals surface area contributed by atoms with E-state index in [1.165, 1.54) is 0 Å². The van der Waals surface area contributed by atoms with Gasteiger partial charge in [0, 0.05) is 26.2 Å². The number of aliphatic hydroxyl groups excluding tert-OH is 1. The van der Waals surface area contributed by atoms with Gasteiger partial charge in [0.05, 0.1) is 11.8 Å². The fraction of sp³-hybridized carbons (Fsp3) is 0.714. The highest BCUT2D eigenvalue weighted by Gasteiger charge is 2.35. The zero-order valence-electron chi connectivity index (χ0n) is 12.7. The van der Waals surface area contributed by atoms with Crippen molar-refractivity contribution >= 4 is 5.91 Å². The van der Waals surface area contributed by atoms with Crippen LogP contribution in [0.4, 0.5) is 0 Å². The molecule has 6 heteroatoms. The van der Waals surface area contributed by atoms with E-state index in [9.17, 15) is 9.90 Å². The van der Waals surface area contributed by atoms with Crippen molar-refractivity contribution in [2.75, 3.05) is 27.2 Å². The number of β-amino-alcohol motifs (C(OH)–C–C–N with tert-alkyl or cyclic N) is 1. The molecular weight excluding hydrogens is 256 g/mol. The molecule has 2 rings (SSSR count). The average Bonchev–Trinajstić information content (AvgIpc) is 2.91. The van der Waals surface area contributed by atoms with E-state index in [0.29, 0.717) is 18.7 Å². The molecule has 1 aromatic rings. The Balaban J connectivity index is 2.19. The van der Waals surface area contributed by atoms with E-state index in [4.69, 9.17) is 0 Å². The summed E-state index contributed by atoms with van der Waals surface area (Å²) in [6.07, 6.45) is 1.02. The summed E-state index contributed by atoms with van der Waals surface area (Å²) in [5, 5.41) is 14.2. The Bertz CT molecular complexity index is 484. The van der Waals surface area contributed by atoms with Crippen molar-refractivity contribution in [3.8, 4) is 0 Å². The molecule has 0 bridgehead atoms. The molecule has 112 valence electrons. The predicted octanol–water partition coefficient (Wildman–Crippen LogP) is 0.119. The van der Waals surface area contributed by atoms with Gasteiger partial charge in [-0.05, 0) is 33.0 Å². The molecule has 0 radical (unpaired) electrons. The highest BCUT2D eigenvalue weighted by Crippen LogP contribution is 2.21. The van der Waals surface area contributed by atoms with Crippen LogP contribution >= 0.6 is 0 Å². The van der Waals surface area contributed by atoms with Crippen LogP contribution in [0.25, 0.3) is 0 Å². The Kier molecular flexibility index (Phi) is 4.45. The third kappa shape index (κ3) is 3.02. The standard InChI is InChI=1S/C14H24N4O2/c1-5-10-6-13(17(4)15-10)14(20)18-9-12(19)7-11(18)8-16(2)3/h6,11-12,19H,5,7-9H2,1-4H3. The maximum Gasteiger partial charge on any atom is 0.272 e. The summed E-state index contributed by atoms with van der Waals surface area (Å²) in [6, 6.07) is 1.91. The lowest BCUT2D eigenvalue weighted by Crippen LogP contribution is -2.42. The molecule has 0 spiro atoms. The minimum absolute atomic E-state index is 0.0388. The second-order valence-corrected chi connectivity index (χ2v) is 5.76. The largest absolute Gasteiger partial charge is 0.391 e. The highest BCUT2D eigenvalue weighted by molar-refractivity contribution is 5.93. The van der Waals surface area contributed by atoms with Crippen LogP contribution < -0.4 is 0 Å². The molecule has 1 aliphatic heterocycles. The number of likely N-dealkylation sites (N-methyl/N-ethyl adjacent to an activating group) is 1. The van der Waals surface area contributed by atoms with Gasteiger partial charge in [-0.25, -0.2) is 0 Å². The van der Waals surface area contributed by atoms with Crippen LogP contribution in [0.2, 0.25) is 0 Å². The fourth-order valence-corrected chi connectivity index (χ4v) is 2.78. The highest BCUT2D eigenvalue weighted by atomic mass is 16.3. The van der Waals surface area contributed by atoms with Gasteiger partial charge in [-0.2, -0.15) is 5.10 Å². The maximum absolute atomic E-state index is 12.7. The van der Waals surface area contributed by atoms with E-state index in [-0.39, 0.29) is 11.9 Å². The van der Waals surface area contributed by atoms with Crippen molar-refractivity contribution in [2.45, 2.75) is 31.9 Å². The van der Waals surface area contributed by atoms with Gasteiger partial charge in [0.2, 0.25) is 0 Å². The van der Waals surface area contributed by atoms with Crippen LogP contribution in [0.1, 0.15) is 29.5 Å². The van der Waals surface area contributed by atoms with Crippen molar-refractivity contribution in [3.63, 3.8) is 0 Å². The molecule has 1 aromatic heterocycles. The lowest BCUT2D eigenvalue weighted by atomic mass is 10.2. The minimum Gasteiger partial charge on any atom is -0.391 e. The first-order chi connectivity index (χ1) is 9.42. The number of aliphatic hydroxyl groups is 1. The van der Waals surface area contributed by atoms with Crippen LogP contribution in [0.15, 0.2) is 6.07 Å². The van der Waals surface area contributed by atoms with Crippen LogP contribution in [-0.2, 0) is 13.5 Å². The van der Waals surface area contributed by atoms with Gasteiger partial charge in [0.15, 0.2) is 0 Å². The molecule has 1 amide bonds. The number of amides is 1. The first-order valence-corrected chi connectivity index (χ1v) is 7.09. The van der Waals surface area contributed by atoms with E-state index < -0.39 is 6.10 Å². The summed E-state index contributed by atoms with van der Waals surface area (Å²) >= 11 is 0. The Labute approximate surface area is 120 Å². The van der Waals surface area contributed by atoms with Gasteiger partial charge >= 0.3 is 0 Å². The van der Waals surface area contributed by atoms with Crippen LogP contribution in [0.5, 0.6) is 0 Å². The smallest absolute Gasteiger partial charge is 0.272 e. The summed E-state index contributed by atoms with van der Waals surface area (Å²) in [5.74, 6) is -0.0388. The number of aryl methyl sites for hydroxylation is 2. The number of carbonyl (C=O) groups excluding carboxylic acids is 1. The van der Waals surface area contributed by atoms with Crippen molar-refractivity contribution < 1.29 is 9.90 Å². The van der Waals surface area contributed by atoms with Crippen LogP contribution in [-0.4, -0.2) is 69.9 Å². The minimum atomic E-state index is -0.428. The third-order valence-corrected chi connectivity index (χ3v) is 3.74. The van der Waals surface area contributed by atoms with Crippen molar-refractivity contribution in [2.24, 2.45) is 7.05 Å². The molecule has 0 aliphatic carbocycles. The fourth-order valence-electron chi connectivity index (χ4n) is 2.78. The number of hydrogen-bond acceptors (Lipinski definition) is 4. The number of likely N-dealkylation sites (tertiary alicyclic amines) is 1. The van der Waals surface area contributed by atoms with Crippen LogP contribution in [0.3, 0.4) is 0 Å². The molecular formula is C14H24N4O2. The third-order valence-electron chi connectivity index (χ3n) is 3.74. The number of carbonyl (C=O) groups is 1. The predicted molar refractivity (Wildman–Crippen MR) is 76.6 cm³/mol. The second kappa shape index (κ2) is 5.93. The lowest BCUT2D eigenvalue weighted by Gasteiger charge is -2.26. The Morgan fingerprint density at radius 3 is 2.80 bits per heavy atom. The van der Waals surface area contributed by atoms with E-state index in [1.807, 2.05) is 32.0 Å². The van der Waals surface area contributed by atoms with E-state index >= 15 is 0 Å². The van der Waals surface area contributed by atoms with Gasteiger partial charge in [-0.3, -0.25) is 9.48 Å². The SMILES string of the molecule is CCc1cc(C(=O)N2CC(O)CC2CN(C)C)n(C)n1. The zero-order chi connectivity index (χ0) is 14.9. The molecule has 1 saturated heterocycles. The van der Waals surface area contributed by atoms with Gasteiger partial charge < -0.3 is 14.9 Å². The Morgan fingerprint density at radius 1 is 1.55 bits per heavy atom. The molecule has 1 fully saturated rings. The van der Waals surface area contributed by atoms with Gasteiger partial charge in [-0.1, -0.05) is 6.92 Å². The summed E-state index contributed by atoms with van der Waals surface area (Å²) in [6.45, 7) is 3.19. The van der Waals surface area contributed by atoms with E-state index in [0.717, 1.165) is 18.7 Å². The molecule has 2 heterocycles. The van der Waals surface area contributed by atoms with Crippen molar-refractivity contribution in [1.82, 2.24) is 19.6 Å². The molecule has 20 heavy (non-hydrogen) atoms. The maximum atomic E-state index is 12.7. The topological polar surface area (TPSA) is 61.6 Å². The lowest BCUT2D eigenvalue weighted by molar-refractivity contribution is 0.0688. The molecule has 1 N–H and O–H groups in total. The summed E-state index contributed by atoms with van der Waals surface area (Å²) in [4.78, 5) is 16.5. The first kappa shape index (κ1) is 15.0. The molecule has 6 nitrogen and oxygen atoms in total. The Hall–Kier alpha value is -1.40. The zero-order valence-corrected chi connectivity index (χ0v) is 12.7. The summed E-state index contributed by atoms with van der Waals surface area (Å²) in [5.41, 5.74) is 1.51. The molecule has 2 atom stereocenters. The average molecular weight is 280 g/mol. The summed E-state index contributed by atoms with van der Waals surface area (Å²) < 4.78 is 1.64. The molecule has 0 aromatic carbocycles. The van der Waals surface area contributed by atoms with Crippen molar-refractivity contribution in [1.29, 1.82) is 0 Å². The van der Waals surface area contributed by atoms with Gasteiger partial charge in [0.1, 0.15) is 5.69 Å². The van der Waals surface area contributed by atoms with Crippen molar-refractivity contribution in [3.05, 3.63) is 17.5 Å². The number of nitrogens with zero attached hydrogens (tertiary/aromatic N) is 4. The quantitative estimate of drug-likeness (QED) is 0.851. The van der Waals surface area contributed by atoms with Crippen LogP contribution in [0, 0.1) is 0 Å². The van der Waals surface area contributed by atoms with Gasteiger partial charge in [-0.15, -0.1) is 0 Å². The molecule has 0 saturated carbocycles. The number of aromatic nitrogens is 2. The molecule has 2 unspecified atom stereocenters. The van der Waals surface area contributed by atoms with E-state index in [2.05, 4.69) is 5.10 Å².